The summed E-state index contributed by atoms with van der Waals surface area (Å²) < 4.78 is 6.08. The Morgan fingerprint density at radius 2 is 1.80 bits per heavy atom. The van der Waals surface area contributed by atoms with Gasteiger partial charge in [0.15, 0.2) is 0 Å². The van der Waals surface area contributed by atoms with E-state index in [1.807, 2.05) is 43.3 Å². The quantitative estimate of drug-likeness (QED) is 0.661. The lowest BCUT2D eigenvalue weighted by molar-refractivity contribution is -0.122. The molecule has 0 aliphatic carbocycles. The van der Waals surface area contributed by atoms with Crippen LogP contribution in [0.25, 0.3) is 0 Å². The van der Waals surface area contributed by atoms with Gasteiger partial charge in [0.1, 0.15) is 5.75 Å². The number of carbonyl (C=O) groups is 2. The van der Waals surface area contributed by atoms with Gasteiger partial charge in [-0.15, -0.1) is 0 Å². The van der Waals surface area contributed by atoms with Crippen molar-refractivity contribution < 1.29 is 14.3 Å². The Morgan fingerprint density at radius 1 is 1.04 bits per heavy atom. The maximum atomic E-state index is 12.0. The number of halogens is 1. The SMILES string of the molecule is COc1ccc(C)cc1NC(=O)CNC(=O)CNc1ccccc1Br. The van der Waals surface area contributed by atoms with Gasteiger partial charge in [-0.05, 0) is 52.7 Å². The average Bonchev–Trinajstić information content (AvgIpc) is 2.59. The molecule has 0 aromatic heterocycles. The van der Waals surface area contributed by atoms with Crippen LogP contribution in [0, 0.1) is 6.92 Å². The van der Waals surface area contributed by atoms with Gasteiger partial charge in [0.05, 0.1) is 25.9 Å². The zero-order chi connectivity index (χ0) is 18.2. The third kappa shape index (κ3) is 5.79. The van der Waals surface area contributed by atoms with Gasteiger partial charge in [-0.25, -0.2) is 0 Å². The van der Waals surface area contributed by atoms with Crippen LogP contribution < -0.4 is 20.7 Å². The molecule has 0 saturated heterocycles. The monoisotopic (exact) mass is 405 g/mol. The second-order valence-corrected chi connectivity index (χ2v) is 6.22. The first kappa shape index (κ1) is 18.8. The largest absolute Gasteiger partial charge is 0.495 e. The molecule has 3 N–H and O–H groups in total. The molecular weight excluding hydrogens is 386 g/mol. The minimum absolute atomic E-state index is 0.0731. The number of methoxy groups -OCH3 is 1. The molecule has 2 rings (SSSR count). The highest BCUT2D eigenvalue weighted by Gasteiger charge is 2.10. The van der Waals surface area contributed by atoms with Crippen LogP contribution in [0.3, 0.4) is 0 Å². The minimum Gasteiger partial charge on any atom is -0.495 e. The third-order valence-corrected chi connectivity index (χ3v) is 4.08. The van der Waals surface area contributed by atoms with Gasteiger partial charge >= 0.3 is 0 Å². The van der Waals surface area contributed by atoms with Gasteiger partial charge in [0.2, 0.25) is 11.8 Å². The zero-order valence-corrected chi connectivity index (χ0v) is 15.6. The second-order valence-electron chi connectivity index (χ2n) is 5.36. The fourth-order valence-electron chi connectivity index (χ4n) is 2.14. The normalized spacial score (nSPS) is 10.0. The van der Waals surface area contributed by atoms with Crippen molar-refractivity contribution >= 4 is 39.1 Å². The molecule has 2 aromatic carbocycles. The van der Waals surface area contributed by atoms with Crippen molar-refractivity contribution in [2.24, 2.45) is 0 Å². The van der Waals surface area contributed by atoms with Crippen LogP contribution in [0.4, 0.5) is 11.4 Å². The third-order valence-electron chi connectivity index (χ3n) is 3.39. The molecule has 6 nitrogen and oxygen atoms in total. The molecule has 7 heteroatoms. The van der Waals surface area contributed by atoms with Gasteiger partial charge < -0.3 is 20.7 Å². The Kier molecular flexibility index (Phi) is 6.82. The number of amides is 2. The number of nitrogens with one attached hydrogen (secondary N) is 3. The summed E-state index contributed by atoms with van der Waals surface area (Å²) in [6.07, 6.45) is 0. The molecule has 2 aromatic rings. The number of benzene rings is 2. The number of hydrogen-bond acceptors (Lipinski definition) is 4. The van der Waals surface area contributed by atoms with Crippen molar-refractivity contribution in [3.8, 4) is 5.75 Å². The number of hydrogen-bond donors (Lipinski definition) is 3. The Hall–Kier alpha value is -2.54. The molecule has 132 valence electrons. The van der Waals surface area contributed by atoms with Gasteiger partial charge in [0.25, 0.3) is 0 Å². The number of carbonyl (C=O) groups excluding carboxylic acids is 2. The van der Waals surface area contributed by atoms with Crippen molar-refractivity contribution in [2.45, 2.75) is 6.92 Å². The number of para-hydroxylation sites is 1. The van der Waals surface area contributed by atoms with E-state index in [2.05, 4.69) is 31.9 Å². The van der Waals surface area contributed by atoms with Crippen LogP contribution in [0.2, 0.25) is 0 Å². The van der Waals surface area contributed by atoms with Crippen LogP contribution in [0.5, 0.6) is 5.75 Å². The molecule has 0 radical (unpaired) electrons. The molecule has 0 fully saturated rings. The Bertz CT molecular complexity index is 765. The highest BCUT2D eigenvalue weighted by molar-refractivity contribution is 9.10. The van der Waals surface area contributed by atoms with Gasteiger partial charge in [-0.2, -0.15) is 0 Å². The van der Waals surface area contributed by atoms with E-state index in [1.54, 1.807) is 6.07 Å². The smallest absolute Gasteiger partial charge is 0.243 e. The lowest BCUT2D eigenvalue weighted by Gasteiger charge is -2.12. The maximum Gasteiger partial charge on any atom is 0.243 e. The molecule has 0 saturated carbocycles. The molecule has 0 unspecified atom stereocenters. The molecule has 0 aliphatic rings. The van der Waals surface area contributed by atoms with Crippen molar-refractivity contribution in [3.63, 3.8) is 0 Å². The van der Waals surface area contributed by atoms with E-state index in [0.29, 0.717) is 11.4 Å². The molecule has 0 atom stereocenters. The number of aryl methyl sites for hydroxylation is 1. The molecule has 0 spiro atoms. The molecule has 0 aliphatic heterocycles. The Balaban J connectivity index is 1.81. The number of ether oxygens (including phenoxy) is 1. The minimum atomic E-state index is -0.321. The van der Waals surface area contributed by atoms with Gasteiger partial charge in [-0.3, -0.25) is 9.59 Å². The van der Waals surface area contributed by atoms with Crippen LogP contribution >= 0.6 is 15.9 Å². The van der Waals surface area contributed by atoms with Crippen molar-refractivity contribution in [2.75, 3.05) is 30.8 Å². The van der Waals surface area contributed by atoms with Crippen LogP contribution in [-0.4, -0.2) is 32.0 Å². The summed E-state index contributed by atoms with van der Waals surface area (Å²) in [7, 11) is 1.54. The summed E-state index contributed by atoms with van der Waals surface area (Å²) in [6.45, 7) is 1.88. The summed E-state index contributed by atoms with van der Waals surface area (Å²) in [4.78, 5) is 23.9. The number of anilines is 2. The van der Waals surface area contributed by atoms with Crippen molar-refractivity contribution in [1.29, 1.82) is 0 Å². The summed E-state index contributed by atoms with van der Waals surface area (Å²) in [5.41, 5.74) is 2.39. The molecular formula is C18H20BrN3O3. The predicted octanol–water partition coefficient (Wildman–Crippen LogP) is 2.93. The predicted molar refractivity (Wildman–Crippen MR) is 102 cm³/mol. The summed E-state index contributed by atoms with van der Waals surface area (Å²) in [5, 5.41) is 8.31. The topological polar surface area (TPSA) is 79.5 Å². The van der Waals surface area contributed by atoms with Crippen LogP contribution in [-0.2, 0) is 9.59 Å². The fourth-order valence-corrected chi connectivity index (χ4v) is 2.56. The van der Waals surface area contributed by atoms with E-state index in [-0.39, 0.29) is 24.9 Å². The maximum absolute atomic E-state index is 12.0. The van der Waals surface area contributed by atoms with Crippen LogP contribution in [0.15, 0.2) is 46.9 Å². The first-order valence-electron chi connectivity index (χ1n) is 7.69. The highest BCUT2D eigenvalue weighted by Crippen LogP contribution is 2.25. The summed E-state index contributed by atoms with van der Waals surface area (Å²) in [6, 6.07) is 13.0. The lowest BCUT2D eigenvalue weighted by Crippen LogP contribution is -2.36. The van der Waals surface area contributed by atoms with E-state index in [4.69, 9.17) is 4.74 Å². The molecule has 25 heavy (non-hydrogen) atoms. The standard InChI is InChI=1S/C18H20BrN3O3/c1-12-7-8-16(25-2)15(9-12)22-18(24)11-21-17(23)10-20-14-6-4-3-5-13(14)19/h3-9,20H,10-11H2,1-2H3,(H,21,23)(H,22,24). The first-order chi connectivity index (χ1) is 12.0. The van der Waals surface area contributed by atoms with E-state index in [9.17, 15) is 9.59 Å². The average molecular weight is 406 g/mol. The summed E-state index contributed by atoms with van der Waals surface area (Å²) >= 11 is 3.39. The lowest BCUT2D eigenvalue weighted by atomic mass is 10.2. The molecule has 0 heterocycles. The first-order valence-corrected chi connectivity index (χ1v) is 8.48. The number of rotatable bonds is 7. The van der Waals surface area contributed by atoms with E-state index in [0.717, 1.165) is 15.7 Å². The second kappa shape index (κ2) is 9.08. The molecule has 2 amide bonds. The van der Waals surface area contributed by atoms with Gasteiger partial charge in [0, 0.05) is 10.2 Å². The Labute approximate surface area is 155 Å². The van der Waals surface area contributed by atoms with Crippen LogP contribution in [0.1, 0.15) is 5.56 Å². The highest BCUT2D eigenvalue weighted by atomic mass is 79.9. The Morgan fingerprint density at radius 3 is 2.52 bits per heavy atom. The van der Waals surface area contributed by atoms with E-state index in [1.165, 1.54) is 7.11 Å². The molecule has 0 bridgehead atoms. The van der Waals surface area contributed by atoms with Crippen molar-refractivity contribution in [1.82, 2.24) is 5.32 Å². The van der Waals surface area contributed by atoms with Gasteiger partial charge in [-0.1, -0.05) is 18.2 Å². The zero-order valence-electron chi connectivity index (χ0n) is 14.1. The van der Waals surface area contributed by atoms with E-state index >= 15 is 0 Å². The summed E-state index contributed by atoms with van der Waals surface area (Å²) in [5.74, 6) is -0.0267. The van der Waals surface area contributed by atoms with Crippen molar-refractivity contribution in [3.05, 3.63) is 52.5 Å². The fraction of sp³-hybridized carbons (Fsp3) is 0.222. The van der Waals surface area contributed by atoms with E-state index < -0.39 is 0 Å².